The molecule has 0 bridgehead atoms. The minimum absolute atomic E-state index is 0.0146. The zero-order chi connectivity index (χ0) is 11.4. The van der Waals surface area contributed by atoms with Gasteiger partial charge in [0.25, 0.3) is 0 Å². The third kappa shape index (κ3) is 2.39. The number of hydrogen-bond donors (Lipinski definition) is 0. The molecule has 0 saturated carbocycles. The van der Waals surface area contributed by atoms with E-state index in [1.807, 2.05) is 0 Å². The first-order chi connectivity index (χ1) is 7.11. The number of alkyl halides is 1. The standard InChI is InChI=1S/C10H12ClNO3/c1-3-15-10(13)9-7(2)4-5-12(14)8(9)6-11/h4-5H,3,6H2,1-2H3. The van der Waals surface area contributed by atoms with Crippen molar-refractivity contribution >= 4 is 17.6 Å². The number of esters is 1. The van der Waals surface area contributed by atoms with Gasteiger partial charge in [0.05, 0.1) is 6.61 Å². The molecular formula is C10H12ClNO3. The predicted molar refractivity (Wildman–Crippen MR) is 55.7 cm³/mol. The number of ether oxygens (including phenoxy) is 1. The van der Waals surface area contributed by atoms with Crippen molar-refractivity contribution < 1.29 is 14.3 Å². The molecule has 1 rings (SSSR count). The maximum absolute atomic E-state index is 11.6. The summed E-state index contributed by atoms with van der Waals surface area (Å²) in [6, 6.07) is 1.56. The van der Waals surface area contributed by atoms with E-state index in [0.717, 1.165) is 0 Å². The first-order valence-electron chi connectivity index (χ1n) is 4.56. The molecule has 82 valence electrons. The lowest BCUT2D eigenvalue weighted by atomic mass is 10.1. The molecule has 5 heteroatoms. The van der Waals surface area contributed by atoms with Crippen molar-refractivity contribution in [2.45, 2.75) is 19.7 Å². The molecule has 0 spiro atoms. The van der Waals surface area contributed by atoms with Crippen LogP contribution in [-0.2, 0) is 10.6 Å². The van der Waals surface area contributed by atoms with Crippen LogP contribution >= 0.6 is 11.6 Å². The van der Waals surface area contributed by atoms with Crippen molar-refractivity contribution in [3.05, 3.63) is 34.3 Å². The van der Waals surface area contributed by atoms with Gasteiger partial charge in [-0.15, -0.1) is 11.6 Å². The molecule has 1 aromatic heterocycles. The SMILES string of the molecule is CCOC(=O)c1c(C)cc[n+]([O-])c1CCl. The zero-order valence-corrected chi connectivity index (χ0v) is 9.37. The summed E-state index contributed by atoms with van der Waals surface area (Å²) in [6.07, 6.45) is 1.33. The van der Waals surface area contributed by atoms with Gasteiger partial charge in [-0.25, -0.2) is 4.79 Å². The van der Waals surface area contributed by atoms with Crippen LogP contribution in [0, 0.1) is 12.1 Å². The van der Waals surface area contributed by atoms with Gasteiger partial charge < -0.3 is 9.94 Å². The number of carbonyl (C=O) groups is 1. The number of aromatic nitrogens is 1. The van der Waals surface area contributed by atoms with Gasteiger partial charge >= 0.3 is 5.97 Å². The molecule has 1 aromatic rings. The van der Waals surface area contributed by atoms with Crippen molar-refractivity contribution in [1.82, 2.24) is 0 Å². The van der Waals surface area contributed by atoms with E-state index < -0.39 is 5.97 Å². The summed E-state index contributed by atoms with van der Waals surface area (Å²) >= 11 is 5.62. The lowest BCUT2D eigenvalue weighted by molar-refractivity contribution is -0.613. The predicted octanol–water partition coefficient (Wildman–Crippen LogP) is 1.54. The quantitative estimate of drug-likeness (QED) is 0.342. The molecule has 0 aromatic carbocycles. The van der Waals surface area contributed by atoms with Crippen LogP contribution in [0.1, 0.15) is 28.5 Å². The van der Waals surface area contributed by atoms with E-state index in [4.69, 9.17) is 16.3 Å². The maximum Gasteiger partial charge on any atom is 0.344 e. The number of aryl methyl sites for hydroxylation is 1. The number of halogens is 1. The van der Waals surface area contributed by atoms with Gasteiger partial charge in [0.2, 0.25) is 5.69 Å². The van der Waals surface area contributed by atoms with Crippen molar-refractivity contribution in [2.75, 3.05) is 6.61 Å². The fraction of sp³-hybridized carbons (Fsp3) is 0.400. The fourth-order valence-electron chi connectivity index (χ4n) is 1.30. The smallest absolute Gasteiger partial charge is 0.344 e. The summed E-state index contributed by atoms with van der Waals surface area (Å²) in [6.45, 7) is 3.72. The average Bonchev–Trinajstić information content (AvgIpc) is 2.21. The normalized spacial score (nSPS) is 10.1. The van der Waals surface area contributed by atoms with Crippen LogP contribution in [-0.4, -0.2) is 12.6 Å². The van der Waals surface area contributed by atoms with E-state index in [1.165, 1.54) is 6.20 Å². The zero-order valence-electron chi connectivity index (χ0n) is 8.62. The molecule has 0 radical (unpaired) electrons. The summed E-state index contributed by atoms with van der Waals surface area (Å²) in [7, 11) is 0. The van der Waals surface area contributed by atoms with Gasteiger partial charge in [0.1, 0.15) is 11.4 Å². The Morgan fingerprint density at radius 3 is 2.87 bits per heavy atom. The third-order valence-corrected chi connectivity index (χ3v) is 2.27. The van der Waals surface area contributed by atoms with E-state index in [-0.39, 0.29) is 23.7 Å². The van der Waals surface area contributed by atoms with E-state index >= 15 is 0 Å². The molecule has 0 aliphatic heterocycles. The Labute approximate surface area is 93.0 Å². The van der Waals surface area contributed by atoms with Gasteiger partial charge in [0.15, 0.2) is 6.20 Å². The summed E-state index contributed by atoms with van der Waals surface area (Å²) in [5, 5.41) is 11.4. The second-order valence-corrected chi connectivity index (χ2v) is 3.27. The van der Waals surface area contributed by atoms with Gasteiger partial charge in [-0.3, -0.25) is 0 Å². The van der Waals surface area contributed by atoms with Crippen molar-refractivity contribution in [3.63, 3.8) is 0 Å². The maximum atomic E-state index is 11.6. The topological polar surface area (TPSA) is 53.2 Å². The van der Waals surface area contributed by atoms with Crippen LogP contribution in [0.3, 0.4) is 0 Å². The third-order valence-electron chi connectivity index (χ3n) is 2.02. The van der Waals surface area contributed by atoms with E-state index in [1.54, 1.807) is 19.9 Å². The first kappa shape index (κ1) is 11.8. The minimum Gasteiger partial charge on any atom is -0.618 e. The monoisotopic (exact) mass is 229 g/mol. The van der Waals surface area contributed by atoms with Crippen LogP contribution in [0.25, 0.3) is 0 Å². The Bertz CT molecular complexity index is 379. The highest BCUT2D eigenvalue weighted by Crippen LogP contribution is 2.13. The number of nitrogens with zero attached hydrogens (tertiary/aromatic N) is 1. The van der Waals surface area contributed by atoms with Crippen molar-refractivity contribution in [3.8, 4) is 0 Å². The van der Waals surface area contributed by atoms with Crippen LogP contribution < -0.4 is 4.73 Å². The van der Waals surface area contributed by atoms with Crippen molar-refractivity contribution in [2.24, 2.45) is 0 Å². The van der Waals surface area contributed by atoms with Gasteiger partial charge in [-0.05, 0) is 19.4 Å². The summed E-state index contributed by atoms with van der Waals surface area (Å²) in [5.41, 5.74) is 1.19. The lowest BCUT2D eigenvalue weighted by Gasteiger charge is -2.09. The molecule has 15 heavy (non-hydrogen) atoms. The van der Waals surface area contributed by atoms with Gasteiger partial charge in [-0.1, -0.05) is 0 Å². The highest BCUT2D eigenvalue weighted by Gasteiger charge is 2.21. The largest absolute Gasteiger partial charge is 0.618 e. The number of hydrogen-bond acceptors (Lipinski definition) is 3. The van der Waals surface area contributed by atoms with Gasteiger partial charge in [-0.2, -0.15) is 4.73 Å². The number of rotatable bonds is 3. The van der Waals surface area contributed by atoms with Crippen LogP contribution in [0.15, 0.2) is 12.3 Å². The Morgan fingerprint density at radius 1 is 1.67 bits per heavy atom. The summed E-state index contributed by atoms with van der Waals surface area (Å²) in [4.78, 5) is 11.6. The molecule has 0 aliphatic carbocycles. The average molecular weight is 230 g/mol. The lowest BCUT2D eigenvalue weighted by Crippen LogP contribution is -2.34. The molecular weight excluding hydrogens is 218 g/mol. The number of pyridine rings is 1. The molecule has 0 fully saturated rings. The highest BCUT2D eigenvalue weighted by molar-refractivity contribution is 6.17. The molecule has 0 aliphatic rings. The van der Waals surface area contributed by atoms with Crippen LogP contribution in [0.5, 0.6) is 0 Å². The van der Waals surface area contributed by atoms with E-state index in [0.29, 0.717) is 10.3 Å². The van der Waals surface area contributed by atoms with Crippen LogP contribution in [0.2, 0.25) is 0 Å². The highest BCUT2D eigenvalue weighted by atomic mass is 35.5. The minimum atomic E-state index is -0.504. The summed E-state index contributed by atoms with van der Waals surface area (Å²) in [5.74, 6) is -0.518. The van der Waals surface area contributed by atoms with E-state index in [9.17, 15) is 10.0 Å². The fourth-order valence-corrected chi connectivity index (χ4v) is 1.55. The first-order valence-corrected chi connectivity index (χ1v) is 5.10. The Hall–Kier alpha value is -1.29. The molecule has 1 heterocycles. The second kappa shape index (κ2) is 4.98. The Kier molecular flexibility index (Phi) is 3.91. The van der Waals surface area contributed by atoms with Gasteiger partial charge in [0, 0.05) is 6.07 Å². The van der Waals surface area contributed by atoms with E-state index in [2.05, 4.69) is 0 Å². The molecule has 0 amide bonds. The second-order valence-electron chi connectivity index (χ2n) is 3.00. The Balaban J connectivity index is 3.24. The Morgan fingerprint density at radius 2 is 2.33 bits per heavy atom. The van der Waals surface area contributed by atoms with Crippen molar-refractivity contribution in [1.29, 1.82) is 0 Å². The molecule has 4 nitrogen and oxygen atoms in total. The summed E-state index contributed by atoms with van der Waals surface area (Å²) < 4.78 is 5.45. The molecule has 0 saturated heterocycles. The molecule has 0 N–H and O–H groups in total. The molecule has 0 atom stereocenters. The van der Waals surface area contributed by atoms with Crippen LogP contribution in [0.4, 0.5) is 0 Å². The molecule has 0 unspecified atom stereocenters. The number of carbonyl (C=O) groups excluding carboxylic acids is 1.